The summed E-state index contributed by atoms with van der Waals surface area (Å²) in [6.07, 6.45) is 0.823. The van der Waals surface area contributed by atoms with Crippen molar-refractivity contribution < 1.29 is 4.79 Å². The molecule has 2 aromatic rings. The summed E-state index contributed by atoms with van der Waals surface area (Å²) in [5.41, 5.74) is 8.93. The van der Waals surface area contributed by atoms with Crippen LogP contribution < -0.4 is 10.6 Å². The minimum Gasteiger partial charge on any atom is -0.399 e. The monoisotopic (exact) mass is 260 g/mol. The smallest absolute Gasteiger partial charge is 0.279 e. The lowest BCUT2D eigenvalue weighted by Crippen LogP contribution is -2.35. The van der Waals surface area contributed by atoms with Gasteiger partial charge in [-0.15, -0.1) is 5.10 Å². The maximum absolute atomic E-state index is 12.4. The van der Waals surface area contributed by atoms with E-state index >= 15 is 0 Å². The standard InChI is InChI=1S/C12H12N4OS/c1-7-4-8-5-9(13)2-3-11(8)16(7)12(17)10-6-18-15-14-10/h2-3,5-7H,4,13H2,1H3. The van der Waals surface area contributed by atoms with E-state index in [2.05, 4.69) is 9.59 Å². The summed E-state index contributed by atoms with van der Waals surface area (Å²) >= 11 is 1.18. The Balaban J connectivity index is 2.02. The number of hydrogen-bond acceptors (Lipinski definition) is 5. The summed E-state index contributed by atoms with van der Waals surface area (Å²) in [6, 6.07) is 5.76. The number of fused-ring (bicyclic) bond motifs is 1. The van der Waals surface area contributed by atoms with Gasteiger partial charge in [-0.3, -0.25) is 4.79 Å². The van der Waals surface area contributed by atoms with Crippen LogP contribution in [0.1, 0.15) is 23.0 Å². The highest BCUT2D eigenvalue weighted by atomic mass is 32.1. The molecule has 0 aliphatic carbocycles. The van der Waals surface area contributed by atoms with Crippen molar-refractivity contribution in [3.8, 4) is 0 Å². The molecule has 5 nitrogen and oxygen atoms in total. The first kappa shape index (κ1) is 11.2. The zero-order valence-electron chi connectivity index (χ0n) is 9.83. The van der Waals surface area contributed by atoms with Crippen LogP contribution in [-0.4, -0.2) is 21.5 Å². The van der Waals surface area contributed by atoms with E-state index in [0.29, 0.717) is 5.69 Å². The molecular formula is C12H12N4OS. The molecule has 1 unspecified atom stereocenters. The van der Waals surface area contributed by atoms with Gasteiger partial charge in [-0.05, 0) is 48.6 Å². The van der Waals surface area contributed by atoms with Gasteiger partial charge < -0.3 is 10.6 Å². The van der Waals surface area contributed by atoms with Crippen LogP contribution in [0.4, 0.5) is 11.4 Å². The van der Waals surface area contributed by atoms with Crippen LogP contribution in [0.25, 0.3) is 0 Å². The number of nitrogens with two attached hydrogens (primary N) is 1. The summed E-state index contributed by atoms with van der Waals surface area (Å²) in [4.78, 5) is 14.1. The van der Waals surface area contributed by atoms with Crippen LogP contribution >= 0.6 is 11.5 Å². The molecule has 1 atom stereocenters. The SMILES string of the molecule is CC1Cc2cc(N)ccc2N1C(=O)c1csnn1. The van der Waals surface area contributed by atoms with Gasteiger partial charge in [-0.1, -0.05) is 4.49 Å². The number of amides is 1. The second-order valence-corrected chi connectivity index (χ2v) is 5.02. The van der Waals surface area contributed by atoms with E-state index < -0.39 is 0 Å². The Morgan fingerprint density at radius 2 is 2.39 bits per heavy atom. The molecule has 3 rings (SSSR count). The molecule has 0 bridgehead atoms. The lowest BCUT2D eigenvalue weighted by molar-refractivity contribution is 0.0976. The average Bonchev–Trinajstić information content (AvgIpc) is 2.94. The van der Waals surface area contributed by atoms with Crippen molar-refractivity contribution in [2.24, 2.45) is 0 Å². The Morgan fingerprint density at radius 3 is 3.11 bits per heavy atom. The highest BCUT2D eigenvalue weighted by Gasteiger charge is 2.32. The quantitative estimate of drug-likeness (QED) is 0.792. The van der Waals surface area contributed by atoms with Gasteiger partial charge in [0.15, 0.2) is 5.69 Å². The van der Waals surface area contributed by atoms with Gasteiger partial charge in [-0.25, -0.2) is 0 Å². The van der Waals surface area contributed by atoms with Crippen molar-refractivity contribution in [1.29, 1.82) is 0 Å². The largest absolute Gasteiger partial charge is 0.399 e. The number of rotatable bonds is 1. The first-order chi connectivity index (χ1) is 8.66. The molecule has 0 radical (unpaired) electrons. The second kappa shape index (κ2) is 4.06. The topological polar surface area (TPSA) is 72.1 Å². The van der Waals surface area contributed by atoms with Crippen LogP contribution in [0.3, 0.4) is 0 Å². The van der Waals surface area contributed by atoms with Crippen LogP contribution in [0, 0.1) is 0 Å². The van der Waals surface area contributed by atoms with Gasteiger partial charge in [0, 0.05) is 22.8 Å². The first-order valence-corrected chi connectivity index (χ1v) is 6.49. The van der Waals surface area contributed by atoms with Crippen molar-refractivity contribution in [3.63, 3.8) is 0 Å². The number of aromatic nitrogens is 2. The molecule has 1 aliphatic heterocycles. The number of carbonyl (C=O) groups is 1. The third-order valence-corrected chi connectivity index (χ3v) is 3.62. The number of nitrogen functional groups attached to an aromatic ring is 1. The van der Waals surface area contributed by atoms with Crippen molar-refractivity contribution in [2.45, 2.75) is 19.4 Å². The van der Waals surface area contributed by atoms with Crippen LogP contribution in [0.2, 0.25) is 0 Å². The lowest BCUT2D eigenvalue weighted by atomic mass is 10.1. The third-order valence-electron chi connectivity index (χ3n) is 3.12. The van der Waals surface area contributed by atoms with Crippen LogP contribution in [0.15, 0.2) is 23.6 Å². The number of carbonyl (C=O) groups excluding carboxylic acids is 1. The maximum atomic E-state index is 12.4. The normalized spacial score (nSPS) is 17.8. The molecule has 1 aromatic carbocycles. The average molecular weight is 260 g/mol. The van der Waals surface area contributed by atoms with E-state index in [0.717, 1.165) is 23.4 Å². The van der Waals surface area contributed by atoms with Crippen LogP contribution in [0.5, 0.6) is 0 Å². The summed E-state index contributed by atoms with van der Waals surface area (Å²) in [6.45, 7) is 2.02. The highest BCUT2D eigenvalue weighted by Crippen LogP contribution is 2.34. The van der Waals surface area contributed by atoms with Gasteiger partial charge in [0.05, 0.1) is 0 Å². The fourth-order valence-electron chi connectivity index (χ4n) is 2.34. The summed E-state index contributed by atoms with van der Waals surface area (Å²) in [5, 5.41) is 5.51. The predicted molar refractivity (Wildman–Crippen MR) is 70.7 cm³/mol. The molecule has 0 spiro atoms. The number of nitrogens with zero attached hydrogens (tertiary/aromatic N) is 3. The Hall–Kier alpha value is -1.95. The number of benzene rings is 1. The Bertz CT molecular complexity index is 596. The number of anilines is 2. The van der Waals surface area contributed by atoms with Gasteiger partial charge in [0.2, 0.25) is 0 Å². The molecule has 1 amide bonds. The fraction of sp³-hybridized carbons (Fsp3) is 0.250. The van der Waals surface area contributed by atoms with Gasteiger partial charge >= 0.3 is 0 Å². The van der Waals surface area contributed by atoms with Crippen LogP contribution in [-0.2, 0) is 6.42 Å². The molecule has 2 heterocycles. The Kier molecular flexibility index (Phi) is 2.52. The maximum Gasteiger partial charge on any atom is 0.279 e. The molecule has 1 aliphatic rings. The first-order valence-electron chi connectivity index (χ1n) is 5.66. The van der Waals surface area contributed by atoms with E-state index in [1.165, 1.54) is 11.5 Å². The summed E-state index contributed by atoms with van der Waals surface area (Å²) in [5.74, 6) is -0.0974. The van der Waals surface area contributed by atoms with Crippen molar-refractivity contribution in [1.82, 2.24) is 9.59 Å². The van der Waals surface area contributed by atoms with Gasteiger partial charge in [0.25, 0.3) is 5.91 Å². The molecule has 0 fully saturated rings. The molecule has 2 N–H and O–H groups in total. The lowest BCUT2D eigenvalue weighted by Gasteiger charge is -2.21. The Labute approximate surface area is 108 Å². The van der Waals surface area contributed by atoms with Gasteiger partial charge in [-0.2, -0.15) is 0 Å². The van der Waals surface area contributed by atoms with E-state index in [4.69, 9.17) is 5.73 Å². The minimum atomic E-state index is -0.0974. The van der Waals surface area contributed by atoms with Crippen molar-refractivity contribution >= 4 is 28.8 Å². The zero-order chi connectivity index (χ0) is 12.7. The Morgan fingerprint density at radius 1 is 1.56 bits per heavy atom. The fourth-order valence-corrected chi connectivity index (χ4v) is 2.77. The summed E-state index contributed by atoms with van der Waals surface area (Å²) in [7, 11) is 0. The predicted octanol–water partition coefficient (Wildman–Crippen LogP) is 1.71. The molecule has 0 saturated heterocycles. The molecule has 18 heavy (non-hydrogen) atoms. The van der Waals surface area contributed by atoms with Crippen molar-refractivity contribution in [3.05, 3.63) is 34.8 Å². The number of hydrogen-bond donors (Lipinski definition) is 1. The van der Waals surface area contributed by atoms with Gasteiger partial charge in [0.1, 0.15) is 0 Å². The highest BCUT2D eigenvalue weighted by molar-refractivity contribution is 7.03. The van der Waals surface area contributed by atoms with E-state index in [1.807, 2.05) is 25.1 Å². The van der Waals surface area contributed by atoms with E-state index in [1.54, 1.807) is 10.3 Å². The van der Waals surface area contributed by atoms with E-state index in [9.17, 15) is 4.79 Å². The molecule has 92 valence electrons. The van der Waals surface area contributed by atoms with Crippen molar-refractivity contribution in [2.75, 3.05) is 10.6 Å². The molecule has 6 heteroatoms. The zero-order valence-corrected chi connectivity index (χ0v) is 10.6. The van der Waals surface area contributed by atoms with E-state index in [-0.39, 0.29) is 11.9 Å². The molecular weight excluding hydrogens is 248 g/mol. The molecule has 0 saturated carbocycles. The molecule has 1 aromatic heterocycles. The summed E-state index contributed by atoms with van der Waals surface area (Å²) < 4.78 is 3.73. The third kappa shape index (κ3) is 1.65. The minimum absolute atomic E-state index is 0.0974. The second-order valence-electron chi connectivity index (χ2n) is 4.41.